The van der Waals surface area contributed by atoms with Crippen molar-refractivity contribution in [3.63, 3.8) is 0 Å². The van der Waals surface area contributed by atoms with Gasteiger partial charge in [-0.25, -0.2) is 4.79 Å². The van der Waals surface area contributed by atoms with Gasteiger partial charge in [0, 0.05) is 18.2 Å². The predicted molar refractivity (Wildman–Crippen MR) is 69.3 cm³/mol. The van der Waals surface area contributed by atoms with Gasteiger partial charge in [0.25, 0.3) is 5.69 Å². The highest BCUT2D eigenvalue weighted by molar-refractivity contribution is 5.64. The molecule has 0 unspecified atom stereocenters. The fourth-order valence-electron chi connectivity index (χ4n) is 1.49. The average Bonchev–Trinajstić information content (AvgIpc) is 2.46. The van der Waals surface area contributed by atoms with Gasteiger partial charge in [0.05, 0.1) is 10.5 Å². The van der Waals surface area contributed by atoms with Crippen molar-refractivity contribution in [2.45, 2.75) is 6.61 Å². The lowest BCUT2D eigenvalue weighted by atomic mass is 10.3. The first-order chi connectivity index (χ1) is 10.0. The van der Waals surface area contributed by atoms with Gasteiger partial charge in [0.15, 0.2) is 12.4 Å². The van der Waals surface area contributed by atoms with Crippen LogP contribution in [0.1, 0.15) is 5.56 Å². The standard InChI is InChI=1S/C13H10N2O6/c16-13(20-9-10-2-1-7-14(17)8-10)21-12-5-3-11(4-6-12)15(18)19/h1-8H,9H2. The normalized spacial score (nSPS) is 9.90. The lowest BCUT2D eigenvalue weighted by Gasteiger charge is -2.05. The molecule has 0 atom stereocenters. The highest BCUT2D eigenvalue weighted by Gasteiger charge is 2.10. The summed E-state index contributed by atoms with van der Waals surface area (Å²) in [5, 5.41) is 21.5. The molecule has 0 aliphatic rings. The van der Waals surface area contributed by atoms with E-state index in [2.05, 4.69) is 0 Å². The third kappa shape index (κ3) is 4.16. The van der Waals surface area contributed by atoms with E-state index in [1.54, 1.807) is 6.07 Å². The summed E-state index contributed by atoms with van der Waals surface area (Å²) in [4.78, 5) is 21.3. The van der Waals surface area contributed by atoms with E-state index in [1.807, 2.05) is 0 Å². The van der Waals surface area contributed by atoms with Crippen molar-refractivity contribution < 1.29 is 23.9 Å². The van der Waals surface area contributed by atoms with Gasteiger partial charge in [-0.15, -0.1) is 0 Å². The van der Waals surface area contributed by atoms with E-state index in [1.165, 1.54) is 42.7 Å². The molecule has 0 aliphatic carbocycles. The van der Waals surface area contributed by atoms with Gasteiger partial charge in [-0.05, 0) is 18.2 Å². The van der Waals surface area contributed by atoms with Crippen LogP contribution in [-0.4, -0.2) is 11.1 Å². The number of carbonyl (C=O) groups excluding carboxylic acids is 1. The molecule has 0 saturated heterocycles. The van der Waals surface area contributed by atoms with Crippen LogP contribution < -0.4 is 9.47 Å². The molecule has 0 bridgehead atoms. The Bertz CT molecular complexity index is 656. The van der Waals surface area contributed by atoms with E-state index >= 15 is 0 Å². The molecule has 0 aliphatic heterocycles. The summed E-state index contributed by atoms with van der Waals surface area (Å²) in [6, 6.07) is 8.13. The average molecular weight is 290 g/mol. The largest absolute Gasteiger partial charge is 0.619 e. The number of ether oxygens (including phenoxy) is 2. The van der Waals surface area contributed by atoms with Crippen LogP contribution in [0.25, 0.3) is 0 Å². The number of nitro groups is 1. The van der Waals surface area contributed by atoms with Crippen molar-refractivity contribution in [2.75, 3.05) is 0 Å². The van der Waals surface area contributed by atoms with Gasteiger partial charge < -0.3 is 14.7 Å². The van der Waals surface area contributed by atoms with Gasteiger partial charge in [0.2, 0.25) is 0 Å². The summed E-state index contributed by atoms with van der Waals surface area (Å²) in [6.07, 6.45) is 1.60. The first kappa shape index (κ1) is 14.3. The molecule has 108 valence electrons. The monoisotopic (exact) mass is 290 g/mol. The molecule has 0 saturated carbocycles. The zero-order valence-electron chi connectivity index (χ0n) is 10.7. The maximum absolute atomic E-state index is 11.4. The van der Waals surface area contributed by atoms with Gasteiger partial charge in [-0.2, -0.15) is 4.73 Å². The van der Waals surface area contributed by atoms with Crippen LogP contribution in [0.15, 0.2) is 48.8 Å². The second-order valence-corrected chi connectivity index (χ2v) is 3.96. The minimum absolute atomic E-state index is 0.111. The number of pyridine rings is 1. The first-order valence-electron chi connectivity index (χ1n) is 5.81. The number of benzene rings is 1. The molecule has 2 rings (SSSR count). The Labute approximate surface area is 118 Å². The second-order valence-electron chi connectivity index (χ2n) is 3.96. The van der Waals surface area contributed by atoms with Gasteiger partial charge in [0.1, 0.15) is 12.4 Å². The molecule has 21 heavy (non-hydrogen) atoms. The van der Waals surface area contributed by atoms with Gasteiger partial charge in [-0.1, -0.05) is 0 Å². The van der Waals surface area contributed by atoms with E-state index in [0.717, 1.165) is 0 Å². The van der Waals surface area contributed by atoms with E-state index in [4.69, 9.17) is 9.47 Å². The summed E-state index contributed by atoms with van der Waals surface area (Å²) in [5.74, 6) is 0.123. The van der Waals surface area contributed by atoms with Crippen LogP contribution in [0, 0.1) is 15.3 Å². The fraction of sp³-hybridized carbons (Fsp3) is 0.0769. The number of rotatable bonds is 4. The van der Waals surface area contributed by atoms with Crippen LogP contribution in [0.2, 0.25) is 0 Å². The van der Waals surface area contributed by atoms with Crippen molar-refractivity contribution in [3.8, 4) is 5.75 Å². The minimum Gasteiger partial charge on any atom is -0.619 e. The SMILES string of the molecule is O=C(OCc1ccc[n+]([O-])c1)Oc1ccc([N+](=O)[O-])cc1. The zero-order chi connectivity index (χ0) is 15.2. The maximum Gasteiger partial charge on any atom is 0.514 e. The molecule has 8 heteroatoms. The topological polar surface area (TPSA) is 106 Å². The highest BCUT2D eigenvalue weighted by atomic mass is 16.7. The van der Waals surface area contributed by atoms with Crippen LogP contribution in [0.3, 0.4) is 0 Å². The van der Waals surface area contributed by atoms with Crippen LogP contribution in [-0.2, 0) is 11.3 Å². The van der Waals surface area contributed by atoms with Crippen molar-refractivity contribution >= 4 is 11.8 Å². The molecule has 2 aromatic rings. The lowest BCUT2D eigenvalue weighted by Crippen LogP contribution is -2.25. The summed E-state index contributed by atoms with van der Waals surface area (Å²) >= 11 is 0. The van der Waals surface area contributed by atoms with E-state index < -0.39 is 11.1 Å². The van der Waals surface area contributed by atoms with E-state index in [9.17, 15) is 20.1 Å². The number of hydrogen-bond donors (Lipinski definition) is 0. The number of non-ortho nitro benzene ring substituents is 1. The predicted octanol–water partition coefficient (Wildman–Crippen LogP) is 1.94. The Morgan fingerprint density at radius 2 is 1.95 bits per heavy atom. The van der Waals surface area contributed by atoms with Crippen molar-refractivity contribution in [2.24, 2.45) is 0 Å². The Morgan fingerprint density at radius 3 is 2.57 bits per heavy atom. The Hall–Kier alpha value is -3.16. The molecule has 1 heterocycles. The van der Waals surface area contributed by atoms with Crippen LogP contribution in [0.4, 0.5) is 10.5 Å². The Kier molecular flexibility index (Phi) is 4.30. The van der Waals surface area contributed by atoms with Gasteiger partial charge in [-0.3, -0.25) is 10.1 Å². The lowest BCUT2D eigenvalue weighted by molar-refractivity contribution is -0.606. The third-order valence-corrected chi connectivity index (χ3v) is 2.44. The van der Waals surface area contributed by atoms with E-state index in [0.29, 0.717) is 10.3 Å². The molecular weight excluding hydrogens is 280 g/mol. The zero-order valence-corrected chi connectivity index (χ0v) is 10.7. The third-order valence-electron chi connectivity index (χ3n) is 2.44. The Morgan fingerprint density at radius 1 is 1.24 bits per heavy atom. The first-order valence-corrected chi connectivity index (χ1v) is 5.81. The molecular formula is C13H10N2O6. The second kappa shape index (κ2) is 6.33. The quantitative estimate of drug-likeness (QED) is 0.213. The molecule has 0 amide bonds. The minimum atomic E-state index is -0.967. The Balaban J connectivity index is 1.88. The number of aromatic nitrogens is 1. The number of nitro benzene ring substituents is 1. The molecule has 0 radical (unpaired) electrons. The number of nitrogens with zero attached hydrogens (tertiary/aromatic N) is 2. The number of hydrogen-bond acceptors (Lipinski definition) is 6. The maximum atomic E-state index is 11.4. The molecule has 0 N–H and O–H groups in total. The van der Waals surface area contributed by atoms with Crippen LogP contribution in [0.5, 0.6) is 5.75 Å². The van der Waals surface area contributed by atoms with Crippen molar-refractivity contribution in [3.05, 3.63) is 69.7 Å². The van der Waals surface area contributed by atoms with Gasteiger partial charge >= 0.3 is 6.16 Å². The van der Waals surface area contributed by atoms with Crippen molar-refractivity contribution in [1.82, 2.24) is 0 Å². The fourth-order valence-corrected chi connectivity index (χ4v) is 1.49. The molecule has 8 nitrogen and oxygen atoms in total. The molecule has 1 aromatic carbocycles. The smallest absolute Gasteiger partial charge is 0.514 e. The van der Waals surface area contributed by atoms with E-state index in [-0.39, 0.29) is 18.0 Å². The molecule has 0 spiro atoms. The van der Waals surface area contributed by atoms with Crippen LogP contribution >= 0.6 is 0 Å². The molecule has 0 fully saturated rings. The summed E-state index contributed by atoms with van der Waals surface area (Å²) in [5.41, 5.74) is 0.396. The molecule has 1 aromatic heterocycles. The van der Waals surface area contributed by atoms with Crippen molar-refractivity contribution in [1.29, 1.82) is 0 Å². The summed E-state index contributed by atoms with van der Waals surface area (Å²) in [6.45, 7) is -0.116. The number of carbonyl (C=O) groups is 1. The summed E-state index contributed by atoms with van der Waals surface area (Å²) in [7, 11) is 0. The summed E-state index contributed by atoms with van der Waals surface area (Å²) < 4.78 is 10.2. The highest BCUT2D eigenvalue weighted by Crippen LogP contribution is 2.17.